The SMILES string of the molecule is CN=C(NCCS(=O)(=O)NCC1CCC1)N(C)Cc1ccccc1C.I. The van der Waals surface area contributed by atoms with Gasteiger partial charge in [0.1, 0.15) is 0 Å². The van der Waals surface area contributed by atoms with Crippen molar-refractivity contribution < 1.29 is 8.42 Å². The molecule has 1 aromatic rings. The van der Waals surface area contributed by atoms with Gasteiger partial charge in [-0.25, -0.2) is 13.1 Å². The first-order valence-electron chi connectivity index (χ1n) is 8.85. The topological polar surface area (TPSA) is 73.8 Å². The van der Waals surface area contributed by atoms with Crippen LogP contribution < -0.4 is 10.0 Å². The molecule has 0 unspecified atom stereocenters. The smallest absolute Gasteiger partial charge is 0.213 e. The molecule has 2 rings (SSSR count). The van der Waals surface area contributed by atoms with Gasteiger partial charge in [-0.05, 0) is 36.8 Å². The van der Waals surface area contributed by atoms with Crippen molar-refractivity contribution in [2.45, 2.75) is 32.7 Å². The van der Waals surface area contributed by atoms with Crippen molar-refractivity contribution in [3.8, 4) is 0 Å². The molecule has 6 nitrogen and oxygen atoms in total. The van der Waals surface area contributed by atoms with Crippen LogP contribution in [0.1, 0.15) is 30.4 Å². The Kier molecular flexibility index (Phi) is 9.88. The summed E-state index contributed by atoms with van der Waals surface area (Å²) in [5, 5.41) is 3.14. The fourth-order valence-electron chi connectivity index (χ4n) is 2.81. The van der Waals surface area contributed by atoms with E-state index in [9.17, 15) is 8.42 Å². The minimum atomic E-state index is -3.23. The minimum absolute atomic E-state index is 0. The van der Waals surface area contributed by atoms with Gasteiger partial charge >= 0.3 is 0 Å². The predicted octanol–water partition coefficient (Wildman–Crippen LogP) is 2.34. The Bertz CT molecular complexity index is 690. The van der Waals surface area contributed by atoms with Crippen LogP contribution in [0.15, 0.2) is 29.3 Å². The van der Waals surface area contributed by atoms with Crippen molar-refractivity contribution in [3.05, 3.63) is 35.4 Å². The summed E-state index contributed by atoms with van der Waals surface area (Å²) < 4.78 is 26.8. The van der Waals surface area contributed by atoms with E-state index >= 15 is 0 Å². The lowest BCUT2D eigenvalue weighted by molar-refractivity contribution is 0.316. The van der Waals surface area contributed by atoms with E-state index < -0.39 is 10.0 Å². The molecule has 0 spiro atoms. The molecule has 1 aromatic carbocycles. The Balaban J connectivity index is 0.00000338. The van der Waals surface area contributed by atoms with Crippen molar-refractivity contribution in [3.63, 3.8) is 0 Å². The van der Waals surface area contributed by atoms with Gasteiger partial charge < -0.3 is 10.2 Å². The third kappa shape index (κ3) is 7.40. The van der Waals surface area contributed by atoms with E-state index in [-0.39, 0.29) is 29.7 Å². The molecule has 8 heteroatoms. The van der Waals surface area contributed by atoms with Gasteiger partial charge in [0.15, 0.2) is 5.96 Å². The summed E-state index contributed by atoms with van der Waals surface area (Å²) in [4.78, 5) is 6.24. The molecule has 26 heavy (non-hydrogen) atoms. The molecular weight excluding hydrogens is 463 g/mol. The zero-order chi connectivity index (χ0) is 18.3. The molecular formula is C18H31IN4O2S. The molecule has 1 aliphatic carbocycles. The molecule has 0 radical (unpaired) electrons. The van der Waals surface area contributed by atoms with Crippen LogP contribution in [0.3, 0.4) is 0 Å². The molecule has 0 saturated heterocycles. The van der Waals surface area contributed by atoms with Gasteiger partial charge in [-0.2, -0.15) is 0 Å². The van der Waals surface area contributed by atoms with Crippen LogP contribution in [0.4, 0.5) is 0 Å². The number of nitrogens with zero attached hydrogens (tertiary/aromatic N) is 2. The number of benzene rings is 1. The number of nitrogens with one attached hydrogen (secondary N) is 2. The molecule has 0 aromatic heterocycles. The second kappa shape index (κ2) is 11.1. The summed E-state index contributed by atoms with van der Waals surface area (Å²) in [6, 6.07) is 8.22. The molecule has 1 aliphatic rings. The van der Waals surface area contributed by atoms with Gasteiger partial charge in [0.25, 0.3) is 0 Å². The van der Waals surface area contributed by atoms with E-state index in [0.29, 0.717) is 25.0 Å². The van der Waals surface area contributed by atoms with E-state index in [2.05, 4.69) is 34.1 Å². The van der Waals surface area contributed by atoms with Gasteiger partial charge in [-0.3, -0.25) is 4.99 Å². The molecule has 0 aliphatic heterocycles. The molecule has 0 atom stereocenters. The van der Waals surface area contributed by atoms with E-state index in [1.54, 1.807) is 7.05 Å². The highest BCUT2D eigenvalue weighted by atomic mass is 127. The fraction of sp³-hybridized carbons (Fsp3) is 0.611. The van der Waals surface area contributed by atoms with E-state index in [1.165, 1.54) is 17.5 Å². The van der Waals surface area contributed by atoms with Crippen molar-refractivity contribution in [2.24, 2.45) is 10.9 Å². The van der Waals surface area contributed by atoms with E-state index in [0.717, 1.165) is 19.4 Å². The Morgan fingerprint density at radius 3 is 2.58 bits per heavy atom. The van der Waals surface area contributed by atoms with Crippen LogP contribution in [-0.2, 0) is 16.6 Å². The fourth-order valence-corrected chi connectivity index (χ4v) is 3.82. The minimum Gasteiger partial charge on any atom is -0.355 e. The van der Waals surface area contributed by atoms with Crippen LogP contribution in [0.5, 0.6) is 0 Å². The number of sulfonamides is 1. The van der Waals surface area contributed by atoms with Crippen molar-refractivity contribution in [1.82, 2.24) is 14.9 Å². The highest BCUT2D eigenvalue weighted by molar-refractivity contribution is 14.0. The van der Waals surface area contributed by atoms with Crippen molar-refractivity contribution in [1.29, 1.82) is 0 Å². The summed E-state index contributed by atoms with van der Waals surface area (Å²) in [6.45, 7) is 3.72. The molecule has 0 amide bonds. The molecule has 148 valence electrons. The van der Waals surface area contributed by atoms with Gasteiger partial charge in [-0.1, -0.05) is 30.7 Å². The lowest BCUT2D eigenvalue weighted by atomic mass is 9.86. The Morgan fingerprint density at radius 1 is 1.31 bits per heavy atom. The molecule has 1 fully saturated rings. The third-order valence-corrected chi connectivity index (χ3v) is 6.06. The number of guanidine groups is 1. The van der Waals surface area contributed by atoms with Gasteiger partial charge in [-0.15, -0.1) is 24.0 Å². The quantitative estimate of drug-likeness (QED) is 0.331. The summed E-state index contributed by atoms with van der Waals surface area (Å²) in [7, 11) is 0.424. The standard InChI is InChI=1S/C18H30N4O2S.HI/c1-15-7-4-5-10-17(15)14-22(3)18(19-2)20-11-12-25(23,24)21-13-16-8-6-9-16;/h4-5,7,10,16,21H,6,8-9,11-14H2,1-3H3,(H,19,20);1H. The molecule has 1 saturated carbocycles. The lowest BCUT2D eigenvalue weighted by Crippen LogP contribution is -2.42. The molecule has 0 bridgehead atoms. The lowest BCUT2D eigenvalue weighted by Gasteiger charge is -2.25. The molecule has 2 N–H and O–H groups in total. The summed E-state index contributed by atoms with van der Waals surface area (Å²) in [5.74, 6) is 1.27. The van der Waals surface area contributed by atoms with Crippen LogP contribution in [0.2, 0.25) is 0 Å². The van der Waals surface area contributed by atoms with Crippen molar-refractivity contribution >= 4 is 40.0 Å². The van der Waals surface area contributed by atoms with Crippen LogP contribution >= 0.6 is 24.0 Å². The van der Waals surface area contributed by atoms with Crippen LogP contribution in [0.25, 0.3) is 0 Å². The Morgan fingerprint density at radius 2 is 2.00 bits per heavy atom. The van der Waals surface area contributed by atoms with Crippen molar-refractivity contribution in [2.75, 3.05) is 32.9 Å². The average Bonchev–Trinajstić information content (AvgIpc) is 2.52. The number of hydrogen-bond acceptors (Lipinski definition) is 3. The van der Waals surface area contributed by atoms with Gasteiger partial charge in [0.2, 0.25) is 10.0 Å². The highest BCUT2D eigenvalue weighted by Gasteiger charge is 2.20. The number of aryl methyl sites for hydroxylation is 1. The number of halogens is 1. The maximum absolute atomic E-state index is 12.0. The number of hydrogen-bond donors (Lipinski definition) is 2. The number of aliphatic imine (C=N–C) groups is 1. The largest absolute Gasteiger partial charge is 0.355 e. The maximum atomic E-state index is 12.0. The summed E-state index contributed by atoms with van der Waals surface area (Å²) in [6.07, 6.45) is 3.49. The number of rotatable bonds is 8. The monoisotopic (exact) mass is 494 g/mol. The van der Waals surface area contributed by atoms with Crippen LogP contribution in [-0.4, -0.2) is 52.2 Å². The summed E-state index contributed by atoms with van der Waals surface area (Å²) >= 11 is 0. The van der Waals surface area contributed by atoms with E-state index in [1.807, 2.05) is 24.1 Å². The zero-order valence-corrected chi connectivity index (χ0v) is 19.0. The maximum Gasteiger partial charge on any atom is 0.213 e. The second-order valence-corrected chi connectivity index (χ2v) is 8.65. The molecule has 0 heterocycles. The van der Waals surface area contributed by atoms with Gasteiger partial charge in [0.05, 0.1) is 5.75 Å². The summed E-state index contributed by atoms with van der Waals surface area (Å²) in [5.41, 5.74) is 2.45. The first kappa shape index (κ1) is 23.2. The predicted molar refractivity (Wildman–Crippen MR) is 119 cm³/mol. The van der Waals surface area contributed by atoms with Crippen LogP contribution in [0, 0.1) is 12.8 Å². The average molecular weight is 494 g/mol. The zero-order valence-electron chi connectivity index (χ0n) is 15.9. The van der Waals surface area contributed by atoms with Gasteiger partial charge in [0, 0.05) is 33.7 Å². The first-order chi connectivity index (χ1) is 11.9. The second-order valence-electron chi connectivity index (χ2n) is 6.72. The highest BCUT2D eigenvalue weighted by Crippen LogP contribution is 2.25. The third-order valence-electron chi connectivity index (χ3n) is 4.71. The Labute approximate surface area is 174 Å². The van der Waals surface area contributed by atoms with E-state index in [4.69, 9.17) is 0 Å². The normalized spacial score (nSPS) is 15.1. The Hall–Kier alpha value is -0.870. The first-order valence-corrected chi connectivity index (χ1v) is 10.5.